The lowest BCUT2D eigenvalue weighted by Gasteiger charge is -2.40. The molecule has 5 atom stereocenters. The Morgan fingerprint density at radius 3 is 2.43 bits per heavy atom. The van der Waals surface area contributed by atoms with Gasteiger partial charge in [0.1, 0.15) is 24.4 Å². The van der Waals surface area contributed by atoms with Crippen LogP contribution in [-0.4, -0.2) is 59.1 Å². The zero-order valence-corrected chi connectivity index (χ0v) is 8.46. The average Bonchev–Trinajstić information content (AvgIpc) is 2.19. The van der Waals surface area contributed by atoms with E-state index in [1.165, 1.54) is 0 Å². The summed E-state index contributed by atoms with van der Waals surface area (Å²) in [5.74, 6) is 0. The Bertz CT molecular complexity index is 173. The van der Waals surface area contributed by atoms with Gasteiger partial charge in [0.15, 0.2) is 0 Å². The molecule has 1 aliphatic heterocycles. The summed E-state index contributed by atoms with van der Waals surface area (Å²) in [7, 11) is 0. The van der Waals surface area contributed by atoms with Crippen LogP contribution in [0.3, 0.4) is 0 Å². The molecule has 1 heterocycles. The van der Waals surface area contributed by atoms with Gasteiger partial charge < -0.3 is 24.8 Å². The normalized spacial score (nSPS) is 43.9. The molecule has 0 amide bonds. The van der Waals surface area contributed by atoms with E-state index in [2.05, 4.69) is 0 Å². The van der Waals surface area contributed by atoms with Crippen LogP contribution in [0, 0.1) is 0 Å². The minimum Gasteiger partial charge on any atom is -0.394 e. The van der Waals surface area contributed by atoms with E-state index >= 15 is 0 Å². The lowest BCUT2D eigenvalue weighted by molar-refractivity contribution is -0.236. The predicted molar refractivity (Wildman–Crippen MR) is 48.8 cm³/mol. The van der Waals surface area contributed by atoms with E-state index in [0.29, 0.717) is 6.61 Å². The summed E-state index contributed by atoms with van der Waals surface area (Å²) in [5.41, 5.74) is 0. The summed E-state index contributed by atoms with van der Waals surface area (Å²) in [6.45, 7) is 3.62. The number of aliphatic hydroxyl groups is 3. The third-order valence-corrected chi connectivity index (χ3v) is 2.46. The highest BCUT2D eigenvalue weighted by atomic mass is 16.6. The molecule has 1 saturated heterocycles. The van der Waals surface area contributed by atoms with Crippen molar-refractivity contribution < 1.29 is 24.8 Å². The molecule has 84 valence electrons. The van der Waals surface area contributed by atoms with Gasteiger partial charge in [-0.05, 0) is 13.8 Å². The third kappa shape index (κ3) is 2.24. The Morgan fingerprint density at radius 2 is 1.93 bits per heavy atom. The Labute approximate surface area is 83.3 Å². The van der Waals surface area contributed by atoms with Crippen LogP contribution in [0.2, 0.25) is 0 Å². The van der Waals surface area contributed by atoms with Crippen LogP contribution in [0.25, 0.3) is 0 Å². The van der Waals surface area contributed by atoms with Crippen LogP contribution in [-0.2, 0) is 9.47 Å². The van der Waals surface area contributed by atoms with Gasteiger partial charge in [-0.15, -0.1) is 0 Å². The fourth-order valence-corrected chi connectivity index (χ4v) is 1.67. The van der Waals surface area contributed by atoms with E-state index in [1.54, 1.807) is 13.8 Å². The average molecular weight is 206 g/mol. The van der Waals surface area contributed by atoms with Crippen LogP contribution < -0.4 is 0 Å². The highest BCUT2D eigenvalue weighted by molar-refractivity contribution is 4.91. The second-order valence-corrected chi connectivity index (χ2v) is 3.46. The zero-order valence-electron chi connectivity index (χ0n) is 8.46. The first-order chi connectivity index (χ1) is 6.61. The minimum atomic E-state index is -1.00. The van der Waals surface area contributed by atoms with Gasteiger partial charge in [0.2, 0.25) is 0 Å². The molecule has 1 aliphatic rings. The summed E-state index contributed by atoms with van der Waals surface area (Å²) in [6, 6.07) is 0. The quantitative estimate of drug-likeness (QED) is 0.546. The molecule has 5 nitrogen and oxygen atoms in total. The van der Waals surface area contributed by atoms with Gasteiger partial charge in [0, 0.05) is 6.61 Å². The molecule has 1 fully saturated rings. The van der Waals surface area contributed by atoms with E-state index in [-0.39, 0.29) is 6.61 Å². The van der Waals surface area contributed by atoms with Crippen molar-refractivity contribution in [2.24, 2.45) is 0 Å². The smallest absolute Gasteiger partial charge is 0.114 e. The van der Waals surface area contributed by atoms with Crippen molar-refractivity contribution in [2.45, 2.75) is 44.4 Å². The second kappa shape index (κ2) is 5.04. The Balaban J connectivity index is 2.67. The summed E-state index contributed by atoms with van der Waals surface area (Å²) >= 11 is 0. The molecule has 14 heavy (non-hydrogen) atoms. The highest BCUT2D eigenvalue weighted by Gasteiger charge is 2.42. The van der Waals surface area contributed by atoms with Gasteiger partial charge in [0.05, 0.1) is 12.7 Å². The van der Waals surface area contributed by atoms with Gasteiger partial charge >= 0.3 is 0 Å². The van der Waals surface area contributed by atoms with Crippen molar-refractivity contribution in [1.82, 2.24) is 0 Å². The summed E-state index contributed by atoms with van der Waals surface area (Å²) in [6.07, 6.45) is -3.68. The molecular formula is C9H18O5. The van der Waals surface area contributed by atoms with Gasteiger partial charge in [-0.2, -0.15) is 0 Å². The van der Waals surface area contributed by atoms with Crippen LogP contribution in [0.15, 0.2) is 0 Å². The zero-order chi connectivity index (χ0) is 10.7. The van der Waals surface area contributed by atoms with Crippen molar-refractivity contribution in [2.75, 3.05) is 13.2 Å². The lowest BCUT2D eigenvalue weighted by atomic mass is 9.96. The molecule has 0 saturated carbocycles. The van der Waals surface area contributed by atoms with E-state index in [4.69, 9.17) is 14.6 Å². The lowest BCUT2D eigenvalue weighted by Crippen LogP contribution is -2.58. The van der Waals surface area contributed by atoms with Crippen LogP contribution in [0.4, 0.5) is 0 Å². The topological polar surface area (TPSA) is 79.2 Å². The van der Waals surface area contributed by atoms with Gasteiger partial charge in [-0.3, -0.25) is 0 Å². The summed E-state index contributed by atoms with van der Waals surface area (Å²) < 4.78 is 10.5. The molecule has 1 rings (SSSR count). The molecular weight excluding hydrogens is 188 g/mol. The first-order valence-electron chi connectivity index (χ1n) is 4.85. The highest BCUT2D eigenvalue weighted by Crippen LogP contribution is 2.22. The molecule has 3 N–H and O–H groups in total. The first kappa shape index (κ1) is 11.9. The SMILES string of the molecule is CCOC1C(CO)OC(C)C(O)C1O. The maximum absolute atomic E-state index is 9.67. The number of aliphatic hydroxyl groups excluding tert-OH is 3. The number of rotatable bonds is 3. The minimum absolute atomic E-state index is 0.223. The molecule has 0 aromatic heterocycles. The Morgan fingerprint density at radius 1 is 1.29 bits per heavy atom. The Hall–Kier alpha value is -0.200. The van der Waals surface area contributed by atoms with Gasteiger partial charge in [-0.25, -0.2) is 0 Å². The number of ether oxygens (including phenoxy) is 2. The Kier molecular flexibility index (Phi) is 4.28. The molecule has 5 heteroatoms. The monoisotopic (exact) mass is 206 g/mol. The van der Waals surface area contributed by atoms with E-state index < -0.39 is 30.5 Å². The van der Waals surface area contributed by atoms with Gasteiger partial charge in [0.25, 0.3) is 0 Å². The predicted octanol–water partition coefficient (Wildman–Crippen LogP) is -1.11. The second-order valence-electron chi connectivity index (χ2n) is 3.46. The number of hydrogen-bond acceptors (Lipinski definition) is 5. The van der Waals surface area contributed by atoms with E-state index in [0.717, 1.165) is 0 Å². The fraction of sp³-hybridized carbons (Fsp3) is 1.00. The first-order valence-corrected chi connectivity index (χ1v) is 4.85. The molecule has 0 aromatic carbocycles. The van der Waals surface area contributed by atoms with Crippen molar-refractivity contribution in [3.8, 4) is 0 Å². The molecule has 0 aromatic rings. The van der Waals surface area contributed by atoms with Crippen LogP contribution in [0.5, 0.6) is 0 Å². The maximum Gasteiger partial charge on any atom is 0.114 e. The largest absolute Gasteiger partial charge is 0.394 e. The standard InChI is InChI=1S/C9H18O5/c1-3-13-9-6(4-10)14-5(2)7(11)8(9)12/h5-12H,3-4H2,1-2H3. The van der Waals surface area contributed by atoms with Crippen molar-refractivity contribution in [3.63, 3.8) is 0 Å². The molecule has 0 radical (unpaired) electrons. The van der Waals surface area contributed by atoms with Crippen molar-refractivity contribution in [1.29, 1.82) is 0 Å². The van der Waals surface area contributed by atoms with Crippen molar-refractivity contribution >= 4 is 0 Å². The van der Waals surface area contributed by atoms with Crippen LogP contribution >= 0.6 is 0 Å². The van der Waals surface area contributed by atoms with E-state index in [1.807, 2.05) is 0 Å². The maximum atomic E-state index is 9.67. The molecule has 0 bridgehead atoms. The summed E-state index contributed by atoms with van der Waals surface area (Å²) in [4.78, 5) is 0. The molecule has 0 spiro atoms. The van der Waals surface area contributed by atoms with Gasteiger partial charge in [-0.1, -0.05) is 0 Å². The molecule has 0 aliphatic carbocycles. The van der Waals surface area contributed by atoms with Crippen LogP contribution in [0.1, 0.15) is 13.8 Å². The molecule has 5 unspecified atom stereocenters. The van der Waals surface area contributed by atoms with E-state index in [9.17, 15) is 10.2 Å². The number of hydrogen-bond donors (Lipinski definition) is 3. The third-order valence-electron chi connectivity index (χ3n) is 2.46. The summed E-state index contributed by atoms with van der Waals surface area (Å²) in [5, 5.41) is 28.2. The fourth-order valence-electron chi connectivity index (χ4n) is 1.67. The van der Waals surface area contributed by atoms with Crippen molar-refractivity contribution in [3.05, 3.63) is 0 Å².